The molecule has 2 N–H and O–H groups in total. The standard InChI is InChI=1S/C13H21N3S.HI/c1-5-16(6-2)11-8-7-10(3)12(9-11)15-13(14)17-4;/h7-9H,5-6H2,1-4H3,(H2,14,15);1H. The molecule has 0 aliphatic carbocycles. The van der Waals surface area contributed by atoms with Crippen LogP contribution in [0.25, 0.3) is 0 Å². The minimum Gasteiger partial charge on any atom is -0.372 e. The minimum absolute atomic E-state index is 0. The van der Waals surface area contributed by atoms with Crippen molar-refractivity contribution < 1.29 is 0 Å². The number of thioether (sulfide) groups is 1. The summed E-state index contributed by atoms with van der Waals surface area (Å²) >= 11 is 1.41. The van der Waals surface area contributed by atoms with E-state index in [-0.39, 0.29) is 24.0 Å². The highest BCUT2D eigenvalue weighted by Gasteiger charge is 2.06. The van der Waals surface area contributed by atoms with Crippen molar-refractivity contribution >= 4 is 52.3 Å². The summed E-state index contributed by atoms with van der Waals surface area (Å²) in [6, 6.07) is 6.35. The molecule has 0 bridgehead atoms. The number of aryl methyl sites for hydroxylation is 1. The molecule has 0 aliphatic rings. The SMILES string of the molecule is CCN(CC)c1ccc(C)c(NC(=N)SC)c1.I. The number of hydrogen-bond donors (Lipinski definition) is 2. The number of rotatable bonds is 4. The average molecular weight is 379 g/mol. The Morgan fingerprint density at radius 1 is 1.33 bits per heavy atom. The van der Waals surface area contributed by atoms with Crippen LogP contribution >= 0.6 is 35.7 Å². The van der Waals surface area contributed by atoms with Gasteiger partial charge in [0.05, 0.1) is 0 Å². The first-order chi connectivity index (χ1) is 8.12. The Morgan fingerprint density at radius 3 is 2.44 bits per heavy atom. The number of halogens is 1. The summed E-state index contributed by atoms with van der Waals surface area (Å²) in [5, 5.41) is 11.3. The second-order valence-electron chi connectivity index (χ2n) is 3.83. The Balaban J connectivity index is 0.00000289. The van der Waals surface area contributed by atoms with Crippen molar-refractivity contribution in [1.29, 1.82) is 5.41 Å². The third-order valence-electron chi connectivity index (χ3n) is 2.80. The lowest BCUT2D eigenvalue weighted by atomic mass is 10.1. The van der Waals surface area contributed by atoms with Gasteiger partial charge in [-0.15, -0.1) is 24.0 Å². The van der Waals surface area contributed by atoms with E-state index in [0.29, 0.717) is 5.17 Å². The molecular formula is C13H22IN3S. The zero-order valence-corrected chi connectivity index (χ0v) is 14.6. The molecule has 1 aromatic rings. The molecule has 0 spiro atoms. The summed E-state index contributed by atoms with van der Waals surface area (Å²) in [4.78, 5) is 2.30. The van der Waals surface area contributed by atoms with Crippen LogP contribution in [0.15, 0.2) is 18.2 Å². The highest BCUT2D eigenvalue weighted by atomic mass is 127. The van der Waals surface area contributed by atoms with Crippen molar-refractivity contribution in [1.82, 2.24) is 0 Å². The van der Waals surface area contributed by atoms with E-state index in [0.717, 1.165) is 18.8 Å². The van der Waals surface area contributed by atoms with Gasteiger partial charge in [-0.2, -0.15) is 0 Å². The molecule has 1 rings (SSSR count). The lowest BCUT2D eigenvalue weighted by Crippen LogP contribution is -2.22. The van der Waals surface area contributed by atoms with Crippen molar-refractivity contribution in [2.24, 2.45) is 0 Å². The Morgan fingerprint density at radius 2 is 1.94 bits per heavy atom. The van der Waals surface area contributed by atoms with Gasteiger partial charge in [-0.05, 0) is 44.7 Å². The predicted molar refractivity (Wildman–Crippen MR) is 95.0 cm³/mol. The zero-order chi connectivity index (χ0) is 12.8. The van der Waals surface area contributed by atoms with Gasteiger partial charge in [-0.25, -0.2) is 0 Å². The van der Waals surface area contributed by atoms with Crippen molar-refractivity contribution in [2.45, 2.75) is 20.8 Å². The van der Waals surface area contributed by atoms with E-state index in [9.17, 15) is 0 Å². The summed E-state index contributed by atoms with van der Waals surface area (Å²) < 4.78 is 0. The summed E-state index contributed by atoms with van der Waals surface area (Å²) in [6.07, 6.45) is 1.90. The molecule has 0 aliphatic heterocycles. The summed E-state index contributed by atoms with van der Waals surface area (Å²) in [5.74, 6) is 0. The van der Waals surface area contributed by atoms with E-state index in [2.05, 4.69) is 49.2 Å². The van der Waals surface area contributed by atoms with E-state index in [4.69, 9.17) is 5.41 Å². The molecule has 0 amide bonds. The van der Waals surface area contributed by atoms with Crippen LogP contribution in [0.5, 0.6) is 0 Å². The average Bonchev–Trinajstić information content (AvgIpc) is 2.34. The van der Waals surface area contributed by atoms with Crippen molar-refractivity contribution in [3.8, 4) is 0 Å². The fourth-order valence-electron chi connectivity index (χ4n) is 1.70. The second kappa shape index (κ2) is 8.63. The molecule has 1 aromatic carbocycles. The highest BCUT2D eigenvalue weighted by Crippen LogP contribution is 2.23. The molecular weight excluding hydrogens is 357 g/mol. The van der Waals surface area contributed by atoms with Crippen molar-refractivity contribution in [3.05, 3.63) is 23.8 Å². The molecule has 3 nitrogen and oxygen atoms in total. The van der Waals surface area contributed by atoms with Crippen molar-refractivity contribution in [2.75, 3.05) is 29.6 Å². The first kappa shape index (κ1) is 17.6. The lowest BCUT2D eigenvalue weighted by molar-refractivity contribution is 0.866. The van der Waals surface area contributed by atoms with Crippen LogP contribution in [-0.2, 0) is 0 Å². The maximum Gasteiger partial charge on any atom is 0.157 e. The van der Waals surface area contributed by atoms with Crippen LogP contribution in [0, 0.1) is 12.3 Å². The first-order valence-electron chi connectivity index (χ1n) is 5.87. The van der Waals surface area contributed by atoms with Gasteiger partial charge in [0.25, 0.3) is 0 Å². The lowest BCUT2D eigenvalue weighted by Gasteiger charge is -2.22. The fraction of sp³-hybridized carbons (Fsp3) is 0.462. The van der Waals surface area contributed by atoms with Crippen LogP contribution in [0.4, 0.5) is 11.4 Å². The maximum atomic E-state index is 7.68. The Labute approximate surface area is 131 Å². The quantitative estimate of drug-likeness (QED) is 0.469. The number of benzene rings is 1. The van der Waals surface area contributed by atoms with Gasteiger partial charge in [0.15, 0.2) is 5.17 Å². The van der Waals surface area contributed by atoms with E-state index in [1.165, 1.54) is 23.0 Å². The molecule has 0 radical (unpaired) electrons. The molecule has 102 valence electrons. The molecule has 0 saturated carbocycles. The molecule has 0 saturated heterocycles. The normalized spacial score (nSPS) is 9.56. The van der Waals surface area contributed by atoms with E-state index in [1.54, 1.807) is 0 Å². The van der Waals surface area contributed by atoms with E-state index < -0.39 is 0 Å². The second-order valence-corrected chi connectivity index (χ2v) is 4.65. The number of anilines is 2. The van der Waals surface area contributed by atoms with E-state index in [1.807, 2.05) is 6.26 Å². The number of amidine groups is 1. The van der Waals surface area contributed by atoms with Crippen LogP contribution in [-0.4, -0.2) is 24.5 Å². The third kappa shape index (κ3) is 4.68. The molecule has 5 heteroatoms. The largest absolute Gasteiger partial charge is 0.372 e. The Kier molecular flexibility index (Phi) is 8.43. The van der Waals surface area contributed by atoms with Crippen LogP contribution < -0.4 is 10.2 Å². The Hall–Kier alpha value is -0.430. The Bertz CT molecular complexity index is 392. The molecule has 0 aromatic heterocycles. The molecule has 0 unspecified atom stereocenters. The maximum absolute atomic E-state index is 7.68. The number of hydrogen-bond acceptors (Lipinski definition) is 3. The zero-order valence-electron chi connectivity index (χ0n) is 11.4. The van der Waals surface area contributed by atoms with Gasteiger partial charge < -0.3 is 10.2 Å². The summed E-state index contributed by atoms with van der Waals surface area (Å²) in [6.45, 7) is 8.36. The van der Waals surface area contributed by atoms with Crippen LogP contribution in [0.2, 0.25) is 0 Å². The summed E-state index contributed by atoms with van der Waals surface area (Å²) in [5.41, 5.74) is 3.39. The molecule has 0 heterocycles. The van der Waals surface area contributed by atoms with Gasteiger partial charge in [-0.3, -0.25) is 5.41 Å². The molecule has 18 heavy (non-hydrogen) atoms. The smallest absolute Gasteiger partial charge is 0.157 e. The van der Waals surface area contributed by atoms with Gasteiger partial charge >= 0.3 is 0 Å². The van der Waals surface area contributed by atoms with Gasteiger partial charge in [-0.1, -0.05) is 17.8 Å². The minimum atomic E-state index is 0. The van der Waals surface area contributed by atoms with E-state index >= 15 is 0 Å². The molecule has 0 atom stereocenters. The van der Waals surface area contributed by atoms with Gasteiger partial charge in [0.1, 0.15) is 0 Å². The van der Waals surface area contributed by atoms with Crippen LogP contribution in [0.1, 0.15) is 19.4 Å². The fourth-order valence-corrected chi connectivity index (χ4v) is 1.92. The molecule has 0 fully saturated rings. The number of nitrogens with one attached hydrogen (secondary N) is 2. The predicted octanol–water partition coefficient (Wildman–Crippen LogP) is 4.17. The number of nitrogens with zero attached hydrogens (tertiary/aromatic N) is 1. The van der Waals surface area contributed by atoms with Gasteiger partial charge in [0, 0.05) is 24.5 Å². The van der Waals surface area contributed by atoms with Crippen molar-refractivity contribution in [3.63, 3.8) is 0 Å². The topological polar surface area (TPSA) is 39.1 Å². The third-order valence-corrected chi connectivity index (χ3v) is 3.31. The first-order valence-corrected chi connectivity index (χ1v) is 7.10. The monoisotopic (exact) mass is 379 g/mol. The highest BCUT2D eigenvalue weighted by molar-refractivity contribution is 14.0. The van der Waals surface area contributed by atoms with Gasteiger partial charge in [0.2, 0.25) is 0 Å². The van der Waals surface area contributed by atoms with Crippen LogP contribution in [0.3, 0.4) is 0 Å². The summed E-state index contributed by atoms with van der Waals surface area (Å²) in [7, 11) is 0.